The quantitative estimate of drug-likeness (QED) is 0.440. The van der Waals surface area contributed by atoms with Crippen molar-refractivity contribution < 1.29 is 31.5 Å². The smallest absolute Gasteiger partial charge is 0.249 e. The van der Waals surface area contributed by atoms with Crippen molar-refractivity contribution in [1.82, 2.24) is 10.2 Å². The predicted molar refractivity (Wildman–Crippen MR) is 137 cm³/mol. The van der Waals surface area contributed by atoms with Gasteiger partial charge in [-0.3, -0.25) is 4.79 Å². The summed E-state index contributed by atoms with van der Waals surface area (Å²) in [5.41, 5.74) is -2.16. The van der Waals surface area contributed by atoms with Gasteiger partial charge < -0.3 is 19.4 Å². The van der Waals surface area contributed by atoms with Crippen molar-refractivity contribution in [2.75, 3.05) is 38.3 Å². The number of carbonyl (C=O) groups is 1. The Labute approximate surface area is 227 Å². The van der Waals surface area contributed by atoms with Gasteiger partial charge in [0.15, 0.2) is 16.6 Å². The summed E-state index contributed by atoms with van der Waals surface area (Å²) in [5.74, 6) is -5.19. The van der Waals surface area contributed by atoms with Crippen LogP contribution in [0, 0.1) is 23.3 Å². The molecule has 1 N–H and O–H groups in total. The van der Waals surface area contributed by atoms with Crippen LogP contribution in [0.5, 0.6) is 0 Å². The molecule has 2 aromatic carbocycles. The lowest BCUT2D eigenvalue weighted by Gasteiger charge is -2.37. The minimum atomic E-state index is -1.77. The van der Waals surface area contributed by atoms with Crippen LogP contribution in [0.1, 0.15) is 24.2 Å². The van der Waals surface area contributed by atoms with E-state index >= 15 is 8.78 Å². The van der Waals surface area contributed by atoms with E-state index in [2.05, 4.69) is 15.3 Å². The maximum absolute atomic E-state index is 15.1. The second kappa shape index (κ2) is 10.6. The number of anilines is 1. The topological polar surface area (TPSA) is 70.3 Å². The zero-order valence-electron chi connectivity index (χ0n) is 21.1. The lowest BCUT2D eigenvalue weighted by Crippen LogP contribution is -2.58. The molecule has 0 spiro atoms. The number of furan rings is 1. The van der Waals surface area contributed by atoms with Crippen molar-refractivity contribution in [3.8, 4) is 0 Å². The lowest BCUT2D eigenvalue weighted by molar-refractivity contribution is -0.127. The van der Waals surface area contributed by atoms with Crippen molar-refractivity contribution >= 4 is 28.9 Å². The van der Waals surface area contributed by atoms with Crippen LogP contribution in [-0.4, -0.2) is 61.5 Å². The zero-order valence-corrected chi connectivity index (χ0v) is 21.8. The van der Waals surface area contributed by atoms with Crippen molar-refractivity contribution in [1.29, 1.82) is 0 Å². The Bertz CT molecular complexity index is 1430. The highest BCUT2D eigenvalue weighted by Gasteiger charge is 2.57. The van der Waals surface area contributed by atoms with Gasteiger partial charge in [0, 0.05) is 37.3 Å². The molecule has 39 heavy (non-hydrogen) atoms. The molecule has 206 valence electrons. The van der Waals surface area contributed by atoms with E-state index in [1.54, 1.807) is 0 Å². The Hall–Kier alpha value is -3.41. The second-order valence-corrected chi connectivity index (χ2v) is 10.1. The second-order valence-electron chi connectivity index (χ2n) is 9.70. The van der Waals surface area contributed by atoms with Gasteiger partial charge in [-0.25, -0.2) is 22.6 Å². The zero-order chi connectivity index (χ0) is 27.9. The maximum Gasteiger partial charge on any atom is 0.249 e. The van der Waals surface area contributed by atoms with Gasteiger partial charge in [0.25, 0.3) is 0 Å². The maximum atomic E-state index is 15.1. The van der Waals surface area contributed by atoms with Gasteiger partial charge in [-0.1, -0.05) is 0 Å². The molecule has 0 radical (unpaired) electrons. The van der Waals surface area contributed by atoms with Crippen LogP contribution >= 0.6 is 11.6 Å². The van der Waals surface area contributed by atoms with Crippen LogP contribution in [0.15, 0.2) is 58.0 Å². The van der Waals surface area contributed by atoms with Gasteiger partial charge >= 0.3 is 0 Å². The van der Waals surface area contributed by atoms with E-state index in [-0.39, 0.29) is 40.6 Å². The fourth-order valence-corrected chi connectivity index (χ4v) is 5.17. The van der Waals surface area contributed by atoms with Gasteiger partial charge in [-0.2, -0.15) is 5.10 Å². The molecular weight excluding hydrogens is 540 g/mol. The molecule has 3 atom stereocenters. The Morgan fingerprint density at radius 3 is 2.46 bits per heavy atom. The minimum absolute atomic E-state index is 0.00302. The molecular formula is C27H25ClF4N4O3. The first-order valence-electron chi connectivity index (χ1n) is 12.2. The summed E-state index contributed by atoms with van der Waals surface area (Å²) in [6.45, 7) is 3.43. The number of carbonyl (C=O) groups excluding carboxylic acids is 1. The van der Waals surface area contributed by atoms with Crippen LogP contribution in [-0.2, 0) is 9.53 Å². The van der Waals surface area contributed by atoms with E-state index in [1.165, 1.54) is 25.1 Å². The first kappa shape index (κ1) is 27.2. The molecule has 7 nitrogen and oxygen atoms in total. The molecule has 2 aliphatic heterocycles. The summed E-state index contributed by atoms with van der Waals surface area (Å²) in [6, 6.07) is 8.66. The van der Waals surface area contributed by atoms with E-state index < -0.39 is 40.6 Å². The Kier molecular flexibility index (Phi) is 7.41. The third-order valence-corrected chi connectivity index (χ3v) is 7.20. The number of morpholine rings is 1. The van der Waals surface area contributed by atoms with Gasteiger partial charge in [-0.15, -0.1) is 0 Å². The van der Waals surface area contributed by atoms with Gasteiger partial charge in [0.2, 0.25) is 5.91 Å². The Morgan fingerprint density at radius 2 is 1.82 bits per heavy atom. The van der Waals surface area contributed by atoms with Crippen molar-refractivity contribution in [2.45, 2.75) is 24.5 Å². The first-order valence-corrected chi connectivity index (χ1v) is 12.6. The standard InChI is InChI=1S/C27H25ClF4N4O3/c1-27(26(37)33-13-17-14-35(2)9-10-38-17)24(22-7-8-23(28)39-22)25(18-5-3-15(29)11-19(18)31)34-36(27)21-6-4-16(30)12-20(21)32/h3-8,11-12,17,24H,9-10,13-14H2,1-2H3,(H,33,37)/t17-,24+,27+/m1/s1. The van der Waals surface area contributed by atoms with Crippen molar-refractivity contribution in [2.24, 2.45) is 5.10 Å². The van der Waals surface area contributed by atoms with Crippen molar-refractivity contribution in [3.63, 3.8) is 0 Å². The number of nitrogens with zero attached hydrogens (tertiary/aromatic N) is 3. The molecule has 3 heterocycles. The average Bonchev–Trinajstić information content (AvgIpc) is 3.43. The van der Waals surface area contributed by atoms with E-state index in [4.69, 9.17) is 20.8 Å². The number of halogens is 5. The van der Waals surface area contributed by atoms with Crippen LogP contribution < -0.4 is 10.3 Å². The van der Waals surface area contributed by atoms with E-state index in [0.29, 0.717) is 25.3 Å². The number of hydrogen-bond donors (Lipinski definition) is 1. The molecule has 1 fully saturated rings. The lowest BCUT2D eigenvalue weighted by atomic mass is 9.78. The highest BCUT2D eigenvalue weighted by Crippen LogP contribution is 2.46. The Morgan fingerprint density at radius 1 is 1.10 bits per heavy atom. The highest BCUT2D eigenvalue weighted by molar-refractivity contribution is 6.28. The van der Waals surface area contributed by atoms with E-state index in [1.807, 2.05) is 7.05 Å². The number of hydrazone groups is 1. The molecule has 5 rings (SSSR count). The molecule has 1 saturated heterocycles. The molecule has 1 amide bonds. The summed E-state index contributed by atoms with van der Waals surface area (Å²) in [4.78, 5) is 16.1. The molecule has 3 aromatic rings. The van der Waals surface area contributed by atoms with Gasteiger partial charge in [0.1, 0.15) is 23.2 Å². The molecule has 0 bridgehead atoms. The highest BCUT2D eigenvalue weighted by atomic mass is 35.5. The van der Waals surface area contributed by atoms with E-state index in [9.17, 15) is 13.6 Å². The average molecular weight is 565 g/mol. The number of ether oxygens (including phenoxy) is 1. The normalized spacial score (nSPS) is 23.7. The summed E-state index contributed by atoms with van der Waals surface area (Å²) in [6.07, 6.45) is -0.305. The van der Waals surface area contributed by atoms with Crippen LogP contribution in [0.25, 0.3) is 0 Å². The third-order valence-electron chi connectivity index (χ3n) is 7.00. The largest absolute Gasteiger partial charge is 0.449 e. The fourth-order valence-electron chi connectivity index (χ4n) is 5.02. The monoisotopic (exact) mass is 564 g/mol. The fraction of sp³-hybridized carbons (Fsp3) is 0.333. The number of nitrogens with one attached hydrogen (secondary N) is 1. The molecule has 0 unspecified atom stereocenters. The van der Waals surface area contributed by atoms with Gasteiger partial charge in [-0.05, 0) is 62.0 Å². The number of benzene rings is 2. The molecule has 1 aromatic heterocycles. The molecule has 12 heteroatoms. The molecule has 0 aliphatic carbocycles. The van der Waals surface area contributed by atoms with Crippen LogP contribution in [0.3, 0.4) is 0 Å². The summed E-state index contributed by atoms with van der Waals surface area (Å²) < 4.78 is 69.3. The summed E-state index contributed by atoms with van der Waals surface area (Å²) >= 11 is 6.06. The number of rotatable bonds is 6. The SMILES string of the molecule is CN1CCO[C@H](CNC(=O)[C@]2(C)[C@@H](c3ccc(Cl)o3)C(c3ccc(F)cc3F)=NN2c2ccc(F)cc2F)C1. The summed E-state index contributed by atoms with van der Waals surface area (Å²) in [5, 5.41) is 8.41. The minimum Gasteiger partial charge on any atom is -0.449 e. The Balaban J connectivity index is 1.63. The number of likely N-dealkylation sites (N-methyl/N-ethyl adjacent to an activating group) is 1. The molecule has 0 saturated carbocycles. The number of hydrogen-bond acceptors (Lipinski definition) is 6. The predicted octanol–water partition coefficient (Wildman–Crippen LogP) is 4.70. The van der Waals surface area contributed by atoms with Crippen LogP contribution in [0.4, 0.5) is 23.2 Å². The first-order chi connectivity index (χ1) is 18.6. The van der Waals surface area contributed by atoms with E-state index in [0.717, 1.165) is 29.8 Å². The number of amides is 1. The van der Waals surface area contributed by atoms with Gasteiger partial charge in [0.05, 0.1) is 30.0 Å². The van der Waals surface area contributed by atoms with Crippen molar-refractivity contribution in [3.05, 3.63) is 88.3 Å². The van der Waals surface area contributed by atoms with Crippen LogP contribution in [0.2, 0.25) is 5.22 Å². The molecule has 2 aliphatic rings. The third kappa shape index (κ3) is 5.13. The summed E-state index contributed by atoms with van der Waals surface area (Å²) in [7, 11) is 1.93.